The number of sulfonamides is 1. The van der Waals surface area contributed by atoms with Crippen LogP contribution in [0, 0.1) is 18.8 Å². The first-order valence-electron chi connectivity index (χ1n) is 11.9. The van der Waals surface area contributed by atoms with E-state index in [0.717, 1.165) is 37.0 Å². The number of amides is 1. The van der Waals surface area contributed by atoms with Crippen molar-refractivity contribution in [2.75, 3.05) is 0 Å². The molecule has 2 fully saturated rings. The maximum absolute atomic E-state index is 12.7. The maximum atomic E-state index is 12.7. The van der Waals surface area contributed by atoms with Crippen LogP contribution in [0.2, 0.25) is 18.1 Å². The molecule has 4 atom stereocenters. The lowest BCUT2D eigenvalue weighted by molar-refractivity contribution is -0.141. The van der Waals surface area contributed by atoms with Gasteiger partial charge in [-0.15, -0.1) is 0 Å². The second-order valence-corrected chi connectivity index (χ2v) is 17.4. The molecule has 1 saturated carbocycles. The molecule has 7 nitrogen and oxygen atoms in total. The molecule has 9 heteroatoms. The van der Waals surface area contributed by atoms with E-state index in [1.54, 1.807) is 24.3 Å². The summed E-state index contributed by atoms with van der Waals surface area (Å²) in [5, 5.41) is 7.50. The first-order chi connectivity index (χ1) is 15.2. The molecule has 1 aromatic carbocycles. The molecule has 3 rings (SSSR count). The van der Waals surface area contributed by atoms with Crippen molar-refractivity contribution in [3.63, 3.8) is 0 Å². The van der Waals surface area contributed by atoms with Crippen LogP contribution in [0.4, 0.5) is 0 Å². The van der Waals surface area contributed by atoms with Crippen LogP contribution in [0.15, 0.2) is 34.3 Å². The molecule has 0 aromatic heterocycles. The van der Waals surface area contributed by atoms with E-state index in [2.05, 4.69) is 49.1 Å². The molecule has 0 unspecified atom stereocenters. The molecule has 0 spiro atoms. The van der Waals surface area contributed by atoms with Crippen molar-refractivity contribution in [1.82, 2.24) is 10.1 Å². The van der Waals surface area contributed by atoms with Gasteiger partial charge in [0.25, 0.3) is 10.0 Å². The lowest BCUT2D eigenvalue weighted by Gasteiger charge is -2.48. The van der Waals surface area contributed by atoms with Crippen LogP contribution in [0.5, 0.6) is 0 Å². The zero-order valence-corrected chi connectivity index (χ0v) is 22.8. The Labute approximate surface area is 199 Å². The smallest absolute Gasteiger partial charge is 0.276 e. The Kier molecular flexibility index (Phi) is 7.46. The summed E-state index contributed by atoms with van der Waals surface area (Å²) in [6.07, 6.45) is 3.39. The van der Waals surface area contributed by atoms with Gasteiger partial charge in [-0.25, -0.2) is 4.83 Å². The standard InChI is InChI=1S/C24H39N3O4SSi/c1-16-12-14-18(15-13-16)32(29,30)27-26-20-11-9-8-10-19(20)22-21(23(28)25-22)17(2)31-33(6,7)24(3,4)5/h12-15,17,19,21-22,27H,8-11H2,1-7H3,(H,25,28)/t17-,19-,21-,22-/m1/s1. The van der Waals surface area contributed by atoms with Crippen molar-refractivity contribution >= 4 is 30.0 Å². The third kappa shape index (κ3) is 5.69. The minimum Gasteiger partial charge on any atom is -0.413 e. The summed E-state index contributed by atoms with van der Waals surface area (Å²) in [5.74, 6) is -0.231. The first kappa shape index (κ1) is 25.9. The topological polar surface area (TPSA) is 96.9 Å². The Morgan fingerprint density at radius 3 is 2.39 bits per heavy atom. The van der Waals surface area contributed by atoms with Crippen LogP contribution < -0.4 is 10.1 Å². The number of carbonyl (C=O) groups excluding carboxylic acids is 1. The van der Waals surface area contributed by atoms with E-state index >= 15 is 0 Å². The third-order valence-electron chi connectivity index (χ3n) is 7.49. The lowest BCUT2D eigenvalue weighted by Crippen LogP contribution is -2.67. The van der Waals surface area contributed by atoms with Crippen LogP contribution in [0.25, 0.3) is 0 Å². The molecule has 0 radical (unpaired) electrons. The predicted molar refractivity (Wildman–Crippen MR) is 134 cm³/mol. The lowest BCUT2D eigenvalue weighted by atomic mass is 9.71. The Hall–Kier alpha value is -1.71. The van der Waals surface area contributed by atoms with Gasteiger partial charge < -0.3 is 9.74 Å². The SMILES string of the molecule is Cc1ccc(S(=O)(=O)NN=C2CCCC[C@H]2[C@H]2NC(=O)[C@@H]2[C@@H](C)O[Si](C)(C)C(C)(C)C)cc1. The van der Waals surface area contributed by atoms with Crippen molar-refractivity contribution in [2.45, 2.75) is 95.5 Å². The van der Waals surface area contributed by atoms with E-state index in [1.165, 1.54) is 0 Å². The molecular weight excluding hydrogens is 454 g/mol. The Morgan fingerprint density at radius 2 is 1.82 bits per heavy atom. The Balaban J connectivity index is 1.76. The summed E-state index contributed by atoms with van der Waals surface area (Å²) in [6.45, 7) is 14.9. The van der Waals surface area contributed by atoms with Crippen molar-refractivity contribution in [1.29, 1.82) is 0 Å². The van der Waals surface area contributed by atoms with Gasteiger partial charge in [-0.2, -0.15) is 13.5 Å². The number of benzene rings is 1. The molecule has 2 N–H and O–H groups in total. The number of aryl methyl sites for hydroxylation is 1. The summed E-state index contributed by atoms with van der Waals surface area (Å²) in [7, 11) is -5.76. The Bertz CT molecular complexity index is 1000. The van der Waals surface area contributed by atoms with Gasteiger partial charge in [0.05, 0.1) is 23.0 Å². The highest BCUT2D eigenvalue weighted by Crippen LogP contribution is 2.40. The quantitative estimate of drug-likeness (QED) is 0.335. The van der Waals surface area contributed by atoms with Crippen molar-refractivity contribution in [3.8, 4) is 0 Å². The molecule has 0 bridgehead atoms. The minimum atomic E-state index is -3.74. The highest BCUT2D eigenvalue weighted by molar-refractivity contribution is 7.89. The molecule has 1 aliphatic carbocycles. The maximum Gasteiger partial charge on any atom is 0.276 e. The monoisotopic (exact) mass is 493 g/mol. The molecule has 2 aliphatic rings. The van der Waals surface area contributed by atoms with Gasteiger partial charge in [-0.05, 0) is 63.4 Å². The molecular formula is C24H39N3O4SSi. The summed E-state index contributed by atoms with van der Waals surface area (Å²) in [4.78, 5) is 15.2. The number of nitrogens with zero attached hydrogens (tertiary/aromatic N) is 1. The van der Waals surface area contributed by atoms with E-state index in [9.17, 15) is 13.2 Å². The van der Waals surface area contributed by atoms with Crippen LogP contribution in [0.3, 0.4) is 0 Å². The second kappa shape index (κ2) is 9.50. The summed E-state index contributed by atoms with van der Waals surface area (Å²) in [6, 6.07) is 6.61. The van der Waals surface area contributed by atoms with Gasteiger partial charge in [0.2, 0.25) is 5.91 Å². The number of hydrogen-bond acceptors (Lipinski definition) is 5. The van der Waals surface area contributed by atoms with Crippen LogP contribution in [-0.4, -0.2) is 40.5 Å². The molecule has 1 saturated heterocycles. The molecule has 1 aromatic rings. The largest absolute Gasteiger partial charge is 0.413 e. The van der Waals surface area contributed by atoms with E-state index < -0.39 is 18.3 Å². The van der Waals surface area contributed by atoms with Crippen LogP contribution >= 0.6 is 0 Å². The highest BCUT2D eigenvalue weighted by Gasteiger charge is 2.51. The van der Waals surface area contributed by atoms with Crippen molar-refractivity contribution in [2.24, 2.45) is 16.9 Å². The summed E-state index contributed by atoms with van der Waals surface area (Å²) >= 11 is 0. The van der Waals surface area contributed by atoms with E-state index in [1.807, 2.05) is 13.8 Å². The third-order valence-corrected chi connectivity index (χ3v) is 13.3. The fraction of sp³-hybridized carbons (Fsp3) is 0.667. The molecule has 1 amide bonds. The van der Waals surface area contributed by atoms with Crippen LogP contribution in [0.1, 0.15) is 58.9 Å². The average Bonchev–Trinajstić information content (AvgIpc) is 2.69. The van der Waals surface area contributed by atoms with E-state index in [0.29, 0.717) is 0 Å². The van der Waals surface area contributed by atoms with Gasteiger partial charge >= 0.3 is 0 Å². The summed E-state index contributed by atoms with van der Waals surface area (Å²) < 4.78 is 32.0. The normalized spacial score (nSPS) is 26.5. The van der Waals surface area contributed by atoms with Gasteiger partial charge in [0, 0.05) is 11.6 Å². The number of β-lactam (4-membered cyclic amide) rings is 1. The fourth-order valence-electron chi connectivity index (χ4n) is 4.42. The van der Waals surface area contributed by atoms with E-state index in [-0.39, 0.29) is 39.8 Å². The van der Waals surface area contributed by atoms with Crippen molar-refractivity contribution in [3.05, 3.63) is 29.8 Å². The predicted octanol–water partition coefficient (Wildman–Crippen LogP) is 4.34. The second-order valence-electron chi connectivity index (χ2n) is 11.0. The zero-order chi connectivity index (χ0) is 24.6. The zero-order valence-electron chi connectivity index (χ0n) is 20.9. The summed E-state index contributed by atoms with van der Waals surface area (Å²) in [5.41, 5.74) is 1.81. The number of nitrogens with one attached hydrogen (secondary N) is 2. The molecule has 1 heterocycles. The fourth-order valence-corrected chi connectivity index (χ4v) is 6.69. The van der Waals surface area contributed by atoms with Gasteiger partial charge in [0.1, 0.15) is 0 Å². The van der Waals surface area contributed by atoms with Gasteiger partial charge in [0.15, 0.2) is 8.32 Å². The molecule has 33 heavy (non-hydrogen) atoms. The van der Waals surface area contributed by atoms with Crippen LogP contribution in [-0.2, 0) is 19.2 Å². The molecule has 1 aliphatic heterocycles. The van der Waals surface area contributed by atoms with Gasteiger partial charge in [-0.1, -0.05) is 44.9 Å². The molecule has 184 valence electrons. The minimum absolute atomic E-state index is 0.00707. The number of carbonyl (C=O) groups is 1. The highest BCUT2D eigenvalue weighted by atomic mass is 32.2. The van der Waals surface area contributed by atoms with E-state index in [4.69, 9.17) is 4.43 Å². The van der Waals surface area contributed by atoms with Gasteiger partial charge in [-0.3, -0.25) is 4.79 Å². The number of rotatable bonds is 7. The number of hydrogen-bond donors (Lipinski definition) is 2. The Morgan fingerprint density at radius 1 is 1.18 bits per heavy atom. The number of hydrazone groups is 1. The average molecular weight is 494 g/mol. The first-order valence-corrected chi connectivity index (χ1v) is 16.3. The van der Waals surface area contributed by atoms with Crippen molar-refractivity contribution < 1.29 is 17.6 Å².